The Bertz CT molecular complexity index is 547. The van der Waals surface area contributed by atoms with Crippen LogP contribution in [0.4, 0.5) is 0 Å². The zero-order valence-electron chi connectivity index (χ0n) is 9.32. The smallest absolute Gasteiger partial charge is 0.341 e. The summed E-state index contributed by atoms with van der Waals surface area (Å²) in [4.78, 5) is 14.9. The number of aromatic carboxylic acids is 1. The third kappa shape index (κ3) is 1.85. The molecule has 2 heterocycles. The van der Waals surface area contributed by atoms with E-state index in [4.69, 9.17) is 14.6 Å². The van der Waals surface area contributed by atoms with E-state index in [0.717, 1.165) is 0 Å². The van der Waals surface area contributed by atoms with E-state index < -0.39 is 12.3 Å². The van der Waals surface area contributed by atoms with Crippen LogP contribution in [0.3, 0.4) is 0 Å². The summed E-state index contributed by atoms with van der Waals surface area (Å²) in [5.74, 6) is -1.07. The lowest BCUT2D eigenvalue weighted by Gasteiger charge is -2.14. The van der Waals surface area contributed by atoms with Crippen molar-refractivity contribution in [2.24, 2.45) is 0 Å². The molecule has 90 valence electrons. The molecule has 0 aromatic carbocycles. The number of hydrogen-bond donors (Lipinski definition) is 1. The summed E-state index contributed by atoms with van der Waals surface area (Å²) >= 11 is 0. The zero-order valence-corrected chi connectivity index (χ0v) is 9.32. The fourth-order valence-corrected chi connectivity index (χ4v) is 1.58. The van der Waals surface area contributed by atoms with E-state index in [1.807, 2.05) is 0 Å². The van der Waals surface area contributed by atoms with Crippen LogP contribution >= 0.6 is 0 Å². The lowest BCUT2D eigenvalue weighted by Crippen LogP contribution is -2.10. The number of hydrogen-bond acceptors (Lipinski definition) is 5. The molecule has 7 heteroatoms. The summed E-state index contributed by atoms with van der Waals surface area (Å²) in [7, 11) is 2.98. The largest absolute Gasteiger partial charge is 0.477 e. The number of carbonyl (C=O) groups is 1. The van der Waals surface area contributed by atoms with Crippen LogP contribution < -0.4 is 0 Å². The molecular weight excluding hydrogens is 226 g/mol. The predicted molar refractivity (Wildman–Crippen MR) is 56.7 cm³/mol. The summed E-state index contributed by atoms with van der Waals surface area (Å²) in [6.07, 6.45) is 2.11. The second-order valence-corrected chi connectivity index (χ2v) is 3.27. The van der Waals surface area contributed by atoms with Gasteiger partial charge in [0, 0.05) is 20.4 Å². The molecular formula is C10H11N3O4. The molecule has 0 aliphatic rings. The molecule has 0 amide bonds. The normalized spacial score (nSPS) is 11.2. The van der Waals surface area contributed by atoms with Crippen LogP contribution in [0.2, 0.25) is 0 Å². The lowest BCUT2D eigenvalue weighted by atomic mass is 10.3. The van der Waals surface area contributed by atoms with E-state index in [0.29, 0.717) is 5.69 Å². The van der Waals surface area contributed by atoms with E-state index in [2.05, 4.69) is 10.1 Å². The van der Waals surface area contributed by atoms with Gasteiger partial charge in [-0.2, -0.15) is 5.10 Å². The highest BCUT2D eigenvalue weighted by atomic mass is 16.7. The standard InChI is InChI=1S/C10H11N3O4/c1-16-10(17-2)7-3-4-11-8-6(9(14)15)5-12-13(7)8/h3-5,10H,1-2H3,(H,14,15). The van der Waals surface area contributed by atoms with Gasteiger partial charge in [0.2, 0.25) is 6.29 Å². The molecule has 2 aromatic rings. The third-order valence-corrected chi connectivity index (χ3v) is 2.33. The number of nitrogens with zero attached hydrogens (tertiary/aromatic N) is 3. The van der Waals surface area contributed by atoms with E-state index >= 15 is 0 Å². The monoisotopic (exact) mass is 237 g/mol. The number of methoxy groups -OCH3 is 2. The molecule has 0 saturated heterocycles. The maximum absolute atomic E-state index is 10.9. The maximum atomic E-state index is 10.9. The lowest BCUT2D eigenvalue weighted by molar-refractivity contribution is -0.109. The molecule has 0 unspecified atom stereocenters. The van der Waals surface area contributed by atoms with Crippen LogP contribution in [0, 0.1) is 0 Å². The van der Waals surface area contributed by atoms with Gasteiger partial charge in [0.15, 0.2) is 5.65 Å². The Morgan fingerprint density at radius 2 is 2.18 bits per heavy atom. The summed E-state index contributed by atoms with van der Waals surface area (Å²) in [5, 5.41) is 12.9. The highest BCUT2D eigenvalue weighted by Crippen LogP contribution is 2.18. The average Bonchev–Trinajstić information content (AvgIpc) is 2.75. The van der Waals surface area contributed by atoms with E-state index in [1.165, 1.54) is 31.1 Å². The van der Waals surface area contributed by atoms with E-state index in [1.54, 1.807) is 6.07 Å². The highest BCUT2D eigenvalue weighted by Gasteiger charge is 2.18. The summed E-state index contributed by atoms with van der Waals surface area (Å²) in [6, 6.07) is 1.66. The fraction of sp³-hybridized carbons (Fsp3) is 0.300. The predicted octanol–water partition coefficient (Wildman–Crippen LogP) is 0.719. The third-order valence-electron chi connectivity index (χ3n) is 2.33. The van der Waals surface area contributed by atoms with Crippen LogP contribution in [0.25, 0.3) is 5.65 Å². The van der Waals surface area contributed by atoms with Gasteiger partial charge in [0.25, 0.3) is 0 Å². The molecule has 17 heavy (non-hydrogen) atoms. The Labute approximate surface area is 96.6 Å². The zero-order chi connectivity index (χ0) is 12.4. The van der Waals surface area contributed by atoms with Gasteiger partial charge < -0.3 is 14.6 Å². The van der Waals surface area contributed by atoms with Crippen molar-refractivity contribution >= 4 is 11.6 Å². The van der Waals surface area contributed by atoms with Crippen molar-refractivity contribution in [2.45, 2.75) is 6.29 Å². The quantitative estimate of drug-likeness (QED) is 0.788. The van der Waals surface area contributed by atoms with Crippen LogP contribution in [-0.2, 0) is 9.47 Å². The fourth-order valence-electron chi connectivity index (χ4n) is 1.58. The molecule has 0 aliphatic heterocycles. The van der Waals surface area contributed by atoms with Crippen LogP contribution in [0.1, 0.15) is 22.3 Å². The first-order valence-electron chi connectivity index (χ1n) is 4.80. The second kappa shape index (κ2) is 4.48. The van der Waals surface area contributed by atoms with Crippen molar-refractivity contribution in [1.82, 2.24) is 14.6 Å². The number of ether oxygens (including phenoxy) is 2. The Balaban J connectivity index is 2.63. The van der Waals surface area contributed by atoms with Crippen molar-refractivity contribution in [1.29, 1.82) is 0 Å². The summed E-state index contributed by atoms with van der Waals surface area (Å²) < 4.78 is 11.6. The van der Waals surface area contributed by atoms with Crippen molar-refractivity contribution in [3.8, 4) is 0 Å². The number of aromatic nitrogens is 3. The van der Waals surface area contributed by atoms with Crippen LogP contribution in [0.5, 0.6) is 0 Å². The Kier molecular flexibility index (Phi) is 3.03. The molecule has 2 rings (SSSR count). The van der Waals surface area contributed by atoms with Crippen molar-refractivity contribution < 1.29 is 19.4 Å². The van der Waals surface area contributed by atoms with Gasteiger partial charge in [0.1, 0.15) is 11.3 Å². The molecule has 0 atom stereocenters. The molecule has 0 radical (unpaired) electrons. The van der Waals surface area contributed by atoms with Gasteiger partial charge in [-0.1, -0.05) is 0 Å². The minimum absolute atomic E-state index is 0.0396. The molecule has 1 N–H and O–H groups in total. The molecule has 0 spiro atoms. The van der Waals surface area contributed by atoms with Crippen molar-refractivity contribution in [3.05, 3.63) is 29.7 Å². The Morgan fingerprint density at radius 3 is 2.76 bits per heavy atom. The Morgan fingerprint density at radius 1 is 1.47 bits per heavy atom. The van der Waals surface area contributed by atoms with Crippen LogP contribution in [0.15, 0.2) is 18.5 Å². The summed E-state index contributed by atoms with van der Waals surface area (Å²) in [6.45, 7) is 0. The number of fused-ring (bicyclic) bond motifs is 1. The number of carboxylic acids is 1. The van der Waals surface area contributed by atoms with Gasteiger partial charge >= 0.3 is 5.97 Å². The van der Waals surface area contributed by atoms with Gasteiger partial charge in [-0.15, -0.1) is 0 Å². The molecule has 0 fully saturated rings. The van der Waals surface area contributed by atoms with E-state index in [9.17, 15) is 4.79 Å². The molecule has 7 nitrogen and oxygen atoms in total. The maximum Gasteiger partial charge on any atom is 0.341 e. The first kappa shape index (κ1) is 11.5. The van der Waals surface area contributed by atoms with Gasteiger partial charge in [-0.05, 0) is 6.07 Å². The minimum atomic E-state index is -1.07. The van der Waals surface area contributed by atoms with Crippen molar-refractivity contribution in [2.75, 3.05) is 14.2 Å². The van der Waals surface area contributed by atoms with Gasteiger partial charge in [-0.3, -0.25) is 0 Å². The van der Waals surface area contributed by atoms with Gasteiger partial charge in [0.05, 0.1) is 6.20 Å². The molecule has 0 saturated carbocycles. The molecule has 2 aromatic heterocycles. The highest BCUT2D eigenvalue weighted by molar-refractivity contribution is 5.94. The number of carboxylic acid groups (broad SMARTS) is 1. The SMILES string of the molecule is COC(OC)c1ccnc2c(C(=O)O)cnn12. The second-order valence-electron chi connectivity index (χ2n) is 3.27. The first-order chi connectivity index (χ1) is 8.19. The first-order valence-corrected chi connectivity index (χ1v) is 4.80. The number of rotatable bonds is 4. The van der Waals surface area contributed by atoms with E-state index in [-0.39, 0.29) is 11.2 Å². The average molecular weight is 237 g/mol. The molecule has 0 aliphatic carbocycles. The summed E-state index contributed by atoms with van der Waals surface area (Å²) in [5.41, 5.74) is 0.874. The van der Waals surface area contributed by atoms with Crippen molar-refractivity contribution in [3.63, 3.8) is 0 Å². The Hall–Kier alpha value is -1.99. The minimum Gasteiger partial charge on any atom is -0.477 e. The van der Waals surface area contributed by atoms with Crippen LogP contribution in [-0.4, -0.2) is 39.9 Å². The van der Waals surface area contributed by atoms with Gasteiger partial charge in [-0.25, -0.2) is 14.3 Å². The topological polar surface area (TPSA) is 86.0 Å². The molecule has 0 bridgehead atoms.